The monoisotopic (exact) mass is 611 g/mol. The normalized spacial score (nSPS) is 14.1. The summed E-state index contributed by atoms with van der Waals surface area (Å²) in [5.41, 5.74) is 8.69. The van der Waals surface area contributed by atoms with E-state index >= 15 is 0 Å². The standard InChI is InChI=1S/C31H41N5O6S/c1-18(2)14-26(35-28(38)23(32)16-20-17-33-24-7-5-4-6-22(20)24)30(40)34-25(12-13-43-3)29(39)36-27(31(41)42)15-19-8-10-21(37)11-9-19/h4-11,17-18,23,25-27,33,37H,12-16,32H2,1-3H3,(H,34,40)(H,35,38)(H,36,39)(H,41,42). The number of carbonyl (C=O) groups is 4. The van der Waals surface area contributed by atoms with Crippen LogP contribution in [0.15, 0.2) is 54.7 Å². The number of aromatic hydroxyl groups is 1. The first-order chi connectivity index (χ1) is 20.5. The fourth-order valence-electron chi connectivity index (χ4n) is 4.73. The lowest BCUT2D eigenvalue weighted by Crippen LogP contribution is -2.57. The number of phenols is 1. The summed E-state index contributed by atoms with van der Waals surface area (Å²) in [6, 6.07) is 9.60. The van der Waals surface area contributed by atoms with E-state index in [4.69, 9.17) is 5.73 Å². The number of carbonyl (C=O) groups excluding carboxylic acids is 3. The minimum absolute atomic E-state index is 0.00903. The van der Waals surface area contributed by atoms with Gasteiger partial charge < -0.3 is 36.9 Å². The zero-order chi connectivity index (χ0) is 31.5. The largest absolute Gasteiger partial charge is 0.508 e. The molecule has 3 aromatic rings. The van der Waals surface area contributed by atoms with Gasteiger partial charge in [0, 0.05) is 23.5 Å². The number of carboxylic acid groups (broad SMARTS) is 1. The van der Waals surface area contributed by atoms with Gasteiger partial charge in [-0.15, -0.1) is 0 Å². The molecule has 0 bridgehead atoms. The minimum atomic E-state index is -1.25. The van der Waals surface area contributed by atoms with Gasteiger partial charge in [-0.1, -0.05) is 44.2 Å². The Kier molecular flexibility index (Phi) is 12.4. The first-order valence-electron chi connectivity index (χ1n) is 14.2. The molecule has 0 spiro atoms. The van der Waals surface area contributed by atoms with Crippen molar-refractivity contribution in [3.63, 3.8) is 0 Å². The highest BCUT2D eigenvalue weighted by Crippen LogP contribution is 2.19. The maximum absolute atomic E-state index is 13.5. The number of carboxylic acids is 1. The van der Waals surface area contributed by atoms with Crippen molar-refractivity contribution in [3.8, 4) is 5.75 Å². The number of para-hydroxylation sites is 1. The molecule has 8 N–H and O–H groups in total. The summed E-state index contributed by atoms with van der Waals surface area (Å²) in [5.74, 6) is -2.29. The lowest BCUT2D eigenvalue weighted by molar-refractivity contribution is -0.142. The molecule has 43 heavy (non-hydrogen) atoms. The van der Waals surface area contributed by atoms with E-state index in [0.717, 1.165) is 16.5 Å². The number of phenolic OH excluding ortho intramolecular Hbond substituents is 1. The predicted octanol–water partition coefficient (Wildman–Crippen LogP) is 2.32. The van der Waals surface area contributed by atoms with Crippen molar-refractivity contribution in [1.29, 1.82) is 0 Å². The molecule has 0 fully saturated rings. The highest BCUT2D eigenvalue weighted by atomic mass is 32.2. The molecule has 1 heterocycles. The number of rotatable bonds is 16. The van der Waals surface area contributed by atoms with Crippen LogP contribution in [-0.2, 0) is 32.0 Å². The zero-order valence-electron chi connectivity index (χ0n) is 24.6. The van der Waals surface area contributed by atoms with E-state index in [-0.39, 0.29) is 30.9 Å². The van der Waals surface area contributed by atoms with E-state index < -0.39 is 47.9 Å². The number of nitrogens with two attached hydrogens (primary N) is 1. The van der Waals surface area contributed by atoms with Crippen molar-refractivity contribution in [2.24, 2.45) is 11.7 Å². The van der Waals surface area contributed by atoms with Crippen molar-refractivity contribution >= 4 is 46.4 Å². The number of hydrogen-bond acceptors (Lipinski definition) is 7. The Bertz CT molecular complexity index is 1390. The Balaban J connectivity index is 1.69. The number of nitrogens with one attached hydrogen (secondary N) is 4. The summed E-state index contributed by atoms with van der Waals surface area (Å²) < 4.78 is 0. The SMILES string of the molecule is CSCCC(NC(=O)C(CC(C)C)NC(=O)C(N)Cc1c[nH]c2ccccc12)C(=O)NC(Cc1ccc(O)cc1)C(=O)O. The number of thioether (sulfide) groups is 1. The van der Waals surface area contributed by atoms with Gasteiger partial charge in [-0.25, -0.2) is 4.79 Å². The molecule has 2 aromatic carbocycles. The number of aromatic amines is 1. The van der Waals surface area contributed by atoms with Crippen LogP contribution < -0.4 is 21.7 Å². The fourth-order valence-corrected chi connectivity index (χ4v) is 5.20. The number of hydrogen-bond donors (Lipinski definition) is 7. The summed E-state index contributed by atoms with van der Waals surface area (Å²) in [6.07, 6.45) is 4.50. The molecule has 12 heteroatoms. The van der Waals surface area contributed by atoms with Crippen molar-refractivity contribution in [2.75, 3.05) is 12.0 Å². The fraction of sp³-hybridized carbons (Fsp3) is 0.419. The molecule has 0 aliphatic heterocycles. The molecule has 4 unspecified atom stereocenters. The van der Waals surface area contributed by atoms with Crippen molar-refractivity contribution in [3.05, 3.63) is 65.9 Å². The van der Waals surface area contributed by atoms with Gasteiger partial charge in [-0.05, 0) is 66.5 Å². The highest BCUT2D eigenvalue weighted by molar-refractivity contribution is 7.98. The third-order valence-electron chi connectivity index (χ3n) is 7.03. The Morgan fingerprint density at radius 1 is 0.884 bits per heavy atom. The molecule has 11 nitrogen and oxygen atoms in total. The maximum Gasteiger partial charge on any atom is 0.326 e. The Morgan fingerprint density at radius 3 is 2.16 bits per heavy atom. The van der Waals surface area contributed by atoms with Crippen LogP contribution in [0, 0.1) is 5.92 Å². The molecular weight excluding hydrogens is 570 g/mol. The second-order valence-corrected chi connectivity index (χ2v) is 12.0. The number of amides is 3. The van der Waals surface area contributed by atoms with Crippen LogP contribution in [0.2, 0.25) is 0 Å². The van der Waals surface area contributed by atoms with Crippen molar-refractivity contribution in [1.82, 2.24) is 20.9 Å². The molecule has 3 amide bonds. The van der Waals surface area contributed by atoms with Crippen molar-refractivity contribution in [2.45, 2.75) is 63.7 Å². The van der Waals surface area contributed by atoms with E-state index in [1.54, 1.807) is 12.1 Å². The topological polar surface area (TPSA) is 187 Å². The number of aromatic nitrogens is 1. The van der Waals surface area contributed by atoms with E-state index in [1.165, 1.54) is 23.9 Å². The lowest BCUT2D eigenvalue weighted by atomic mass is 10.0. The number of benzene rings is 2. The minimum Gasteiger partial charge on any atom is -0.508 e. The van der Waals surface area contributed by atoms with Gasteiger partial charge in [-0.3, -0.25) is 14.4 Å². The van der Waals surface area contributed by atoms with Gasteiger partial charge in [0.25, 0.3) is 0 Å². The smallest absolute Gasteiger partial charge is 0.326 e. The van der Waals surface area contributed by atoms with Gasteiger partial charge in [0.15, 0.2) is 0 Å². The number of aliphatic carboxylic acids is 1. The molecule has 0 radical (unpaired) electrons. The van der Waals surface area contributed by atoms with Gasteiger partial charge in [-0.2, -0.15) is 11.8 Å². The van der Waals surface area contributed by atoms with Crippen LogP contribution in [0.25, 0.3) is 10.9 Å². The number of H-pyrrole nitrogens is 1. The third kappa shape index (κ3) is 10.0. The molecule has 232 valence electrons. The lowest BCUT2D eigenvalue weighted by Gasteiger charge is -2.26. The Morgan fingerprint density at radius 2 is 1.51 bits per heavy atom. The second-order valence-electron chi connectivity index (χ2n) is 11.0. The van der Waals surface area contributed by atoms with Gasteiger partial charge >= 0.3 is 5.97 Å². The molecule has 1 aromatic heterocycles. The van der Waals surface area contributed by atoms with Crippen molar-refractivity contribution < 1.29 is 29.4 Å². The predicted molar refractivity (Wildman–Crippen MR) is 168 cm³/mol. The highest BCUT2D eigenvalue weighted by Gasteiger charge is 2.31. The quantitative estimate of drug-likeness (QED) is 0.129. The molecule has 3 rings (SSSR count). The summed E-state index contributed by atoms with van der Waals surface area (Å²) in [5, 5.41) is 28.3. The molecule has 4 atom stereocenters. The Hall–Kier alpha value is -4.03. The molecular formula is C31H41N5O6S. The summed E-state index contributed by atoms with van der Waals surface area (Å²) in [4.78, 5) is 54.9. The van der Waals surface area contributed by atoms with E-state index in [0.29, 0.717) is 17.7 Å². The van der Waals surface area contributed by atoms with E-state index in [9.17, 15) is 29.4 Å². The maximum atomic E-state index is 13.5. The van der Waals surface area contributed by atoms with Crippen LogP contribution in [0.1, 0.15) is 37.8 Å². The molecule has 0 aliphatic rings. The van der Waals surface area contributed by atoms with Crippen LogP contribution in [0.5, 0.6) is 5.75 Å². The summed E-state index contributed by atoms with van der Waals surface area (Å²) in [7, 11) is 0. The first-order valence-corrected chi connectivity index (χ1v) is 15.6. The summed E-state index contributed by atoms with van der Waals surface area (Å²) >= 11 is 1.48. The van der Waals surface area contributed by atoms with E-state index in [1.807, 2.05) is 50.6 Å². The van der Waals surface area contributed by atoms with Crippen LogP contribution in [-0.4, -0.2) is 75.1 Å². The summed E-state index contributed by atoms with van der Waals surface area (Å²) in [6.45, 7) is 3.83. The number of fused-ring (bicyclic) bond motifs is 1. The molecule has 0 aliphatic carbocycles. The van der Waals surface area contributed by atoms with Crippen LogP contribution in [0.3, 0.4) is 0 Å². The second kappa shape index (κ2) is 16.0. The molecule has 0 saturated carbocycles. The average molecular weight is 612 g/mol. The van der Waals surface area contributed by atoms with Gasteiger partial charge in [0.05, 0.1) is 6.04 Å². The Labute approximate surface area is 255 Å². The van der Waals surface area contributed by atoms with Crippen LogP contribution in [0.4, 0.5) is 0 Å². The average Bonchev–Trinajstić information content (AvgIpc) is 3.37. The van der Waals surface area contributed by atoms with Gasteiger partial charge in [0.2, 0.25) is 17.7 Å². The third-order valence-corrected chi connectivity index (χ3v) is 7.67. The molecule has 0 saturated heterocycles. The first kappa shape index (κ1) is 33.5. The van der Waals surface area contributed by atoms with Crippen LogP contribution >= 0.6 is 11.8 Å². The van der Waals surface area contributed by atoms with Gasteiger partial charge in [0.1, 0.15) is 23.9 Å². The van der Waals surface area contributed by atoms with E-state index in [2.05, 4.69) is 20.9 Å². The zero-order valence-corrected chi connectivity index (χ0v) is 25.4.